The first-order chi connectivity index (χ1) is 36.9. The number of imidazole rings is 1. The SMILES string of the molecule is CC(C)[C@H](NC(=O)CCCCCN1C(=O)C=CC1=O)C(=O)C[C@@H](CCCNC(N)=O)C(=O)N[C@@H](CCCCNC(=O)[C@@H](N)CCN(C(=O)CO)[C@@H](c1nc(-c2cc(F)ccc2F)cn1Cc1ccccc1)C(C)(C)C)C(=O)O. The fourth-order valence-electron chi connectivity index (χ4n) is 9.14. The third-order valence-corrected chi connectivity index (χ3v) is 13.3. The van der Waals surface area contributed by atoms with Crippen LogP contribution in [0.2, 0.25) is 0 Å². The number of hydrogen-bond donors (Lipinski definition) is 8. The number of aliphatic hydroxyl groups excluding tert-OH is 1. The molecule has 21 nitrogen and oxygen atoms in total. The van der Waals surface area contributed by atoms with Crippen LogP contribution in [-0.4, -0.2) is 134 Å². The summed E-state index contributed by atoms with van der Waals surface area (Å²) in [5.41, 5.74) is 11.7. The van der Waals surface area contributed by atoms with Gasteiger partial charge in [-0.15, -0.1) is 0 Å². The zero-order chi connectivity index (χ0) is 57.7. The minimum atomic E-state index is -1.38. The second-order valence-electron chi connectivity index (χ2n) is 20.9. The van der Waals surface area contributed by atoms with Crippen LogP contribution in [-0.2, 0) is 44.9 Å². The lowest BCUT2D eigenvalue weighted by atomic mass is 9.84. The third-order valence-electron chi connectivity index (χ3n) is 13.3. The van der Waals surface area contributed by atoms with Crippen molar-refractivity contribution >= 4 is 53.2 Å². The Morgan fingerprint density at radius 3 is 2.13 bits per heavy atom. The van der Waals surface area contributed by atoms with Gasteiger partial charge in [0, 0.05) is 75.4 Å². The van der Waals surface area contributed by atoms with Crippen molar-refractivity contribution in [1.82, 2.24) is 40.6 Å². The number of imide groups is 1. The summed E-state index contributed by atoms with van der Waals surface area (Å²) >= 11 is 0. The largest absolute Gasteiger partial charge is 0.480 e. The summed E-state index contributed by atoms with van der Waals surface area (Å²) in [4.78, 5) is 122. The normalized spacial score (nSPS) is 14.4. The van der Waals surface area contributed by atoms with Gasteiger partial charge in [-0.3, -0.25) is 38.5 Å². The van der Waals surface area contributed by atoms with E-state index >= 15 is 4.39 Å². The van der Waals surface area contributed by atoms with Crippen LogP contribution in [0.3, 0.4) is 0 Å². The van der Waals surface area contributed by atoms with E-state index in [9.17, 15) is 57.8 Å². The van der Waals surface area contributed by atoms with Crippen molar-refractivity contribution in [2.45, 2.75) is 136 Å². The topological polar surface area (TPSA) is 319 Å². The van der Waals surface area contributed by atoms with Gasteiger partial charge in [-0.05, 0) is 86.5 Å². The van der Waals surface area contributed by atoms with Crippen LogP contribution in [0.25, 0.3) is 11.3 Å². The highest BCUT2D eigenvalue weighted by Gasteiger charge is 2.39. The maximum Gasteiger partial charge on any atom is 0.326 e. The summed E-state index contributed by atoms with van der Waals surface area (Å²) in [6.07, 6.45) is 5.79. The van der Waals surface area contributed by atoms with Gasteiger partial charge in [0.25, 0.3) is 11.8 Å². The Morgan fingerprint density at radius 2 is 1.50 bits per heavy atom. The van der Waals surface area contributed by atoms with Crippen LogP contribution < -0.4 is 32.7 Å². The summed E-state index contributed by atoms with van der Waals surface area (Å²) in [6, 6.07) is 7.16. The number of primary amides is 1. The van der Waals surface area contributed by atoms with Crippen molar-refractivity contribution in [2.24, 2.45) is 28.7 Å². The number of carboxylic acid groups (broad SMARTS) is 1. The quantitative estimate of drug-likeness (QED) is 0.0316. The van der Waals surface area contributed by atoms with E-state index in [0.29, 0.717) is 25.1 Å². The molecule has 0 fully saturated rings. The highest BCUT2D eigenvalue weighted by atomic mass is 19.1. The van der Waals surface area contributed by atoms with Crippen LogP contribution >= 0.6 is 0 Å². The van der Waals surface area contributed by atoms with E-state index < -0.39 is 95.2 Å². The molecule has 10 N–H and O–H groups in total. The number of halogens is 2. The van der Waals surface area contributed by atoms with E-state index in [1.54, 1.807) is 24.6 Å². The van der Waals surface area contributed by atoms with Crippen LogP contribution in [0.15, 0.2) is 66.9 Å². The van der Waals surface area contributed by atoms with Gasteiger partial charge < -0.3 is 52.4 Å². The molecule has 426 valence electrons. The highest BCUT2D eigenvalue weighted by Crippen LogP contribution is 2.40. The van der Waals surface area contributed by atoms with E-state index in [1.165, 1.54) is 17.1 Å². The second kappa shape index (κ2) is 30.5. The van der Waals surface area contributed by atoms with E-state index in [-0.39, 0.29) is 113 Å². The van der Waals surface area contributed by atoms with Crippen LogP contribution in [0.4, 0.5) is 13.6 Å². The number of aliphatic hydroxyl groups is 1. The Balaban J connectivity index is 1.35. The van der Waals surface area contributed by atoms with Gasteiger partial charge in [0.2, 0.25) is 23.6 Å². The standard InChI is InChI=1S/C55H76F2N10O11/c1-34(2)48(64-44(70)19-10-7-13-27-66-45(71)22-23-46(66)72)43(69)29-36(17-14-26-61-54(59)78)51(74)63-41(53(76)77)18-11-12-25-60-52(75)40(58)24-28-67(47(73)33-68)49(55(3,4)5)50-62-42(38-30-37(56)20-21-39(38)57)32-65(50)31-35-15-8-6-9-16-35/h6,8-9,15-16,20-23,30,32,34,36,40-41,48-49,68H,7,10-14,17-19,24-29,31,33,58H2,1-5H3,(H,60,75)(H,63,74)(H,64,70)(H,76,77)(H3,59,61,78)/t36-,40+,41+,48+,49+/m1/s1. The number of amides is 8. The number of nitrogens with zero attached hydrogens (tertiary/aromatic N) is 4. The van der Waals surface area contributed by atoms with Crippen LogP contribution in [0, 0.1) is 28.9 Å². The number of benzene rings is 2. The van der Waals surface area contributed by atoms with E-state index in [0.717, 1.165) is 28.7 Å². The predicted octanol–water partition coefficient (Wildman–Crippen LogP) is 4.01. The fraction of sp³-hybridized carbons (Fsp3) is 0.527. The Hall–Kier alpha value is -7.40. The van der Waals surface area contributed by atoms with Crippen molar-refractivity contribution in [1.29, 1.82) is 0 Å². The molecule has 0 spiro atoms. The molecule has 2 heterocycles. The molecule has 8 amide bonds. The van der Waals surface area contributed by atoms with Crippen molar-refractivity contribution in [2.75, 3.05) is 32.8 Å². The number of aromatic nitrogens is 2. The maximum absolute atomic E-state index is 15.1. The number of urea groups is 1. The van der Waals surface area contributed by atoms with Gasteiger partial charge in [-0.2, -0.15) is 0 Å². The summed E-state index contributed by atoms with van der Waals surface area (Å²) in [6.45, 7) is 8.61. The Kier molecular flexibility index (Phi) is 24.7. The molecule has 1 aliphatic heterocycles. The number of carboxylic acids is 1. The number of hydrogen-bond acceptors (Lipinski definition) is 12. The first kappa shape index (κ1) is 63.1. The number of carbonyl (C=O) groups excluding carboxylic acids is 8. The average Bonchev–Trinajstić information content (AvgIpc) is 3.95. The molecule has 0 radical (unpaired) electrons. The summed E-state index contributed by atoms with van der Waals surface area (Å²) in [5, 5.41) is 30.7. The molecule has 0 unspecified atom stereocenters. The summed E-state index contributed by atoms with van der Waals surface area (Å²) < 4.78 is 31.3. The maximum atomic E-state index is 15.1. The van der Waals surface area contributed by atoms with Crippen molar-refractivity contribution in [3.8, 4) is 11.3 Å². The van der Waals surface area contributed by atoms with Crippen molar-refractivity contribution in [3.05, 3.63) is 89.9 Å². The molecule has 1 aliphatic rings. The van der Waals surface area contributed by atoms with Crippen molar-refractivity contribution in [3.63, 3.8) is 0 Å². The fourth-order valence-corrected chi connectivity index (χ4v) is 9.14. The predicted molar refractivity (Wildman–Crippen MR) is 284 cm³/mol. The molecular formula is C55H76F2N10O11. The van der Waals surface area contributed by atoms with Crippen LogP contribution in [0.1, 0.15) is 123 Å². The van der Waals surface area contributed by atoms with Gasteiger partial charge in [0.05, 0.1) is 23.8 Å². The number of ketones is 1. The minimum absolute atomic E-state index is 0.0564. The number of rotatable bonds is 33. The Bertz CT molecular complexity index is 2590. The molecule has 2 aromatic carbocycles. The molecule has 23 heteroatoms. The van der Waals surface area contributed by atoms with Gasteiger partial charge in [-0.1, -0.05) is 71.4 Å². The molecule has 0 aliphatic carbocycles. The number of nitrogens with one attached hydrogen (secondary N) is 4. The number of Topliss-reactive ketones (excluding diaryl/α,β-unsaturated/α-hetero) is 1. The molecule has 0 saturated heterocycles. The first-order valence-electron chi connectivity index (χ1n) is 26.3. The molecule has 0 bridgehead atoms. The third kappa shape index (κ3) is 19.6. The number of aliphatic carboxylic acids is 1. The zero-order valence-electron chi connectivity index (χ0n) is 45.1. The zero-order valence-corrected chi connectivity index (χ0v) is 45.1. The van der Waals surface area contributed by atoms with E-state index in [1.807, 2.05) is 51.1 Å². The van der Waals surface area contributed by atoms with Gasteiger partial charge in [0.1, 0.15) is 30.1 Å². The van der Waals surface area contributed by atoms with Gasteiger partial charge in [0.15, 0.2) is 5.78 Å². The molecule has 1 aromatic heterocycles. The summed E-state index contributed by atoms with van der Waals surface area (Å²) in [7, 11) is 0. The van der Waals surface area contributed by atoms with Crippen LogP contribution in [0.5, 0.6) is 0 Å². The van der Waals surface area contributed by atoms with E-state index in [2.05, 4.69) is 21.3 Å². The number of unbranched alkanes of at least 4 members (excludes halogenated alkanes) is 3. The Morgan fingerprint density at radius 1 is 0.821 bits per heavy atom. The lowest BCUT2D eigenvalue weighted by Gasteiger charge is -2.40. The lowest BCUT2D eigenvalue weighted by Crippen LogP contribution is -2.48. The monoisotopic (exact) mass is 1090 g/mol. The number of nitrogens with two attached hydrogens (primary N) is 2. The Labute approximate surface area is 453 Å². The molecular weight excluding hydrogens is 1010 g/mol. The average molecular weight is 1090 g/mol. The number of carbonyl (C=O) groups is 9. The minimum Gasteiger partial charge on any atom is -0.480 e. The molecule has 3 aromatic rings. The van der Waals surface area contributed by atoms with Crippen molar-refractivity contribution < 1.29 is 62.1 Å². The molecule has 4 rings (SSSR count). The molecule has 78 heavy (non-hydrogen) atoms. The summed E-state index contributed by atoms with van der Waals surface area (Å²) in [5.74, 6) is -7.45. The molecule has 0 saturated carbocycles. The van der Waals surface area contributed by atoms with E-state index in [4.69, 9.17) is 16.5 Å². The van der Waals surface area contributed by atoms with Gasteiger partial charge in [-0.25, -0.2) is 23.4 Å². The second-order valence-corrected chi connectivity index (χ2v) is 20.9. The highest BCUT2D eigenvalue weighted by molar-refractivity contribution is 6.12. The van der Waals surface area contributed by atoms with Gasteiger partial charge >= 0.3 is 12.0 Å². The molecule has 5 atom stereocenters. The lowest BCUT2D eigenvalue weighted by molar-refractivity contribution is -0.143. The first-order valence-corrected chi connectivity index (χ1v) is 26.3. The smallest absolute Gasteiger partial charge is 0.326 e.